The van der Waals surface area contributed by atoms with Crippen molar-refractivity contribution < 1.29 is 4.79 Å². The highest BCUT2D eigenvalue weighted by Crippen LogP contribution is 1.94. The van der Waals surface area contributed by atoms with Crippen molar-refractivity contribution >= 4 is 17.7 Å². The fourth-order valence-corrected chi connectivity index (χ4v) is 1.05. The van der Waals surface area contributed by atoms with Crippen LogP contribution in [-0.4, -0.2) is 24.1 Å². The van der Waals surface area contributed by atoms with Crippen LogP contribution in [-0.2, 0) is 4.79 Å². The van der Waals surface area contributed by atoms with Gasteiger partial charge in [0, 0.05) is 6.42 Å². The Hall–Kier alpha value is -0.220. The summed E-state index contributed by atoms with van der Waals surface area (Å²) in [5.41, 5.74) is 5.25. The van der Waals surface area contributed by atoms with Gasteiger partial charge >= 0.3 is 0 Å². The number of hydrogen-bond donors (Lipinski definition) is 2. The van der Waals surface area contributed by atoms with Crippen molar-refractivity contribution in [3.05, 3.63) is 0 Å². The van der Waals surface area contributed by atoms with Gasteiger partial charge in [-0.25, -0.2) is 0 Å². The van der Waals surface area contributed by atoms with Crippen molar-refractivity contribution in [1.29, 1.82) is 0 Å². The molecular formula is C7H16N2OS. The maximum absolute atomic E-state index is 10.9. The maximum atomic E-state index is 10.9. The van der Waals surface area contributed by atoms with Crippen LogP contribution >= 0.6 is 11.8 Å². The summed E-state index contributed by atoms with van der Waals surface area (Å²) in [6, 6.07) is 0. The third-order valence-electron chi connectivity index (χ3n) is 1.18. The highest BCUT2D eigenvalue weighted by atomic mass is 32.2. The third-order valence-corrected chi connectivity index (χ3v) is 1.94. The van der Waals surface area contributed by atoms with Gasteiger partial charge in [-0.2, -0.15) is 0 Å². The van der Waals surface area contributed by atoms with Crippen LogP contribution in [0.25, 0.3) is 0 Å². The van der Waals surface area contributed by atoms with Crippen molar-refractivity contribution in [1.82, 2.24) is 5.32 Å². The lowest BCUT2D eigenvalue weighted by atomic mass is 10.3. The Balaban J connectivity index is 3.09. The topological polar surface area (TPSA) is 55.1 Å². The molecule has 0 rings (SSSR count). The van der Waals surface area contributed by atoms with E-state index in [0.29, 0.717) is 13.0 Å². The van der Waals surface area contributed by atoms with Crippen LogP contribution in [0.15, 0.2) is 0 Å². The molecule has 0 aromatic rings. The molecule has 0 aromatic heterocycles. The number of hydrogen-bond acceptors (Lipinski definition) is 3. The molecule has 3 nitrogen and oxygen atoms in total. The molecule has 0 aliphatic heterocycles. The summed E-state index contributed by atoms with van der Waals surface area (Å²) in [7, 11) is 0. The van der Waals surface area contributed by atoms with Crippen LogP contribution in [0.5, 0.6) is 0 Å². The van der Waals surface area contributed by atoms with Gasteiger partial charge in [-0.1, -0.05) is 6.92 Å². The van der Waals surface area contributed by atoms with Gasteiger partial charge in [0.25, 0.3) is 0 Å². The van der Waals surface area contributed by atoms with E-state index in [1.165, 1.54) is 0 Å². The average molecular weight is 176 g/mol. The summed E-state index contributed by atoms with van der Waals surface area (Å²) in [6.45, 7) is 2.66. The van der Waals surface area contributed by atoms with E-state index in [9.17, 15) is 4.79 Å². The molecular weight excluding hydrogens is 160 g/mol. The minimum absolute atomic E-state index is 0.108. The number of nitrogens with two attached hydrogens (primary N) is 1. The molecule has 0 heterocycles. The van der Waals surface area contributed by atoms with Crippen molar-refractivity contribution in [2.24, 2.45) is 5.73 Å². The standard InChI is InChI=1S/C7H16N2OS/c1-2-11-6-9-7(10)4-3-5-8/h2-6,8H2,1H3,(H,9,10). The first-order valence-corrected chi connectivity index (χ1v) is 5.01. The Morgan fingerprint density at radius 1 is 1.64 bits per heavy atom. The van der Waals surface area contributed by atoms with Gasteiger partial charge in [0.05, 0.1) is 5.88 Å². The lowest BCUT2D eigenvalue weighted by molar-refractivity contribution is -0.120. The second-order valence-corrected chi connectivity index (χ2v) is 3.40. The van der Waals surface area contributed by atoms with Gasteiger partial charge in [0.15, 0.2) is 0 Å². The second-order valence-electron chi connectivity index (χ2n) is 2.13. The van der Waals surface area contributed by atoms with Crippen molar-refractivity contribution in [2.75, 3.05) is 18.2 Å². The summed E-state index contributed by atoms with van der Waals surface area (Å²) in [4.78, 5) is 10.9. The monoisotopic (exact) mass is 176 g/mol. The van der Waals surface area contributed by atoms with Crippen molar-refractivity contribution in [3.63, 3.8) is 0 Å². The molecule has 0 unspecified atom stereocenters. The molecule has 11 heavy (non-hydrogen) atoms. The molecule has 0 saturated carbocycles. The SMILES string of the molecule is CCSCNC(=O)CCCN. The van der Waals surface area contributed by atoms with E-state index in [1.54, 1.807) is 11.8 Å². The Morgan fingerprint density at radius 2 is 2.36 bits per heavy atom. The van der Waals surface area contributed by atoms with E-state index in [0.717, 1.165) is 18.1 Å². The number of rotatable bonds is 6. The number of carbonyl (C=O) groups excluding carboxylic acids is 1. The minimum atomic E-state index is 0.108. The molecule has 3 N–H and O–H groups in total. The molecule has 0 saturated heterocycles. The van der Waals surface area contributed by atoms with E-state index in [2.05, 4.69) is 12.2 Å². The molecule has 0 aliphatic rings. The first-order chi connectivity index (χ1) is 5.31. The smallest absolute Gasteiger partial charge is 0.220 e. The first-order valence-electron chi connectivity index (χ1n) is 3.85. The maximum Gasteiger partial charge on any atom is 0.220 e. The second kappa shape index (κ2) is 7.88. The summed E-state index contributed by atoms with van der Waals surface area (Å²) in [5.74, 6) is 1.87. The van der Waals surface area contributed by atoms with Crippen LogP contribution in [0.1, 0.15) is 19.8 Å². The van der Waals surface area contributed by atoms with E-state index in [-0.39, 0.29) is 5.91 Å². The normalized spacial score (nSPS) is 9.64. The van der Waals surface area contributed by atoms with E-state index < -0.39 is 0 Å². The molecule has 1 amide bonds. The van der Waals surface area contributed by atoms with Gasteiger partial charge in [0.1, 0.15) is 0 Å². The number of carbonyl (C=O) groups is 1. The Bertz CT molecular complexity index is 109. The first kappa shape index (κ1) is 10.8. The summed E-state index contributed by atoms with van der Waals surface area (Å²) in [5, 5.41) is 2.79. The van der Waals surface area contributed by atoms with E-state index in [4.69, 9.17) is 5.73 Å². The Kier molecular flexibility index (Phi) is 7.72. The van der Waals surface area contributed by atoms with Crippen LogP contribution in [0.4, 0.5) is 0 Å². The summed E-state index contributed by atoms with van der Waals surface area (Å²) >= 11 is 1.71. The zero-order valence-corrected chi connectivity index (χ0v) is 7.75. The minimum Gasteiger partial charge on any atom is -0.347 e. The average Bonchev–Trinajstić information content (AvgIpc) is 2.01. The van der Waals surface area contributed by atoms with Crippen LogP contribution in [0.3, 0.4) is 0 Å². The summed E-state index contributed by atoms with van der Waals surface area (Å²) in [6.07, 6.45) is 1.34. The van der Waals surface area contributed by atoms with Gasteiger partial charge < -0.3 is 11.1 Å². The molecule has 66 valence electrons. The number of amides is 1. The fourth-order valence-electron chi connectivity index (χ4n) is 0.585. The molecule has 0 radical (unpaired) electrons. The molecule has 4 heteroatoms. The molecule has 0 spiro atoms. The lowest BCUT2D eigenvalue weighted by Crippen LogP contribution is -2.23. The zero-order chi connectivity index (χ0) is 8.53. The largest absolute Gasteiger partial charge is 0.347 e. The highest BCUT2D eigenvalue weighted by molar-refractivity contribution is 7.99. The number of nitrogens with one attached hydrogen (secondary N) is 1. The summed E-state index contributed by atoms with van der Waals surface area (Å²) < 4.78 is 0. The Labute approximate surface area is 72.1 Å². The zero-order valence-electron chi connectivity index (χ0n) is 6.93. The quantitative estimate of drug-likeness (QED) is 0.459. The van der Waals surface area contributed by atoms with Crippen molar-refractivity contribution in [3.8, 4) is 0 Å². The predicted octanol–water partition coefficient (Wildman–Crippen LogP) is 0.552. The molecule has 0 atom stereocenters. The van der Waals surface area contributed by atoms with Gasteiger partial charge in [0.2, 0.25) is 5.91 Å². The van der Waals surface area contributed by atoms with Crippen molar-refractivity contribution in [2.45, 2.75) is 19.8 Å². The number of thioether (sulfide) groups is 1. The van der Waals surface area contributed by atoms with Crippen LogP contribution in [0.2, 0.25) is 0 Å². The van der Waals surface area contributed by atoms with E-state index in [1.807, 2.05) is 0 Å². The molecule has 0 aliphatic carbocycles. The molecule has 0 bridgehead atoms. The highest BCUT2D eigenvalue weighted by Gasteiger charge is 1.97. The third kappa shape index (κ3) is 7.68. The van der Waals surface area contributed by atoms with E-state index >= 15 is 0 Å². The fraction of sp³-hybridized carbons (Fsp3) is 0.857. The molecule has 0 aromatic carbocycles. The lowest BCUT2D eigenvalue weighted by Gasteiger charge is -2.01. The predicted molar refractivity (Wildman–Crippen MR) is 49.4 cm³/mol. The Morgan fingerprint density at radius 3 is 2.91 bits per heavy atom. The van der Waals surface area contributed by atoms with Crippen LogP contribution < -0.4 is 11.1 Å². The van der Waals surface area contributed by atoms with Gasteiger partial charge in [-0.15, -0.1) is 11.8 Å². The van der Waals surface area contributed by atoms with Crippen LogP contribution in [0, 0.1) is 0 Å². The molecule has 0 fully saturated rings. The van der Waals surface area contributed by atoms with Gasteiger partial charge in [-0.3, -0.25) is 4.79 Å². The van der Waals surface area contributed by atoms with Gasteiger partial charge in [-0.05, 0) is 18.7 Å².